The standard InChI is InChI=1S/C23H28N4O3/c1-26(2)21(18-9-11-19(30-3)12-10-18)15-24-23(29)20-13-14-22(28)27(25-20)16-17-7-5-4-6-8-17/h4-12,21H,13-16H2,1-3H3,(H,24,29). The number of rotatable bonds is 8. The van der Waals surface area contributed by atoms with Crippen LogP contribution in [0.15, 0.2) is 59.7 Å². The van der Waals surface area contributed by atoms with Crippen molar-refractivity contribution in [3.05, 3.63) is 65.7 Å². The third-order valence-electron chi connectivity index (χ3n) is 5.12. The average molecular weight is 409 g/mol. The van der Waals surface area contributed by atoms with Gasteiger partial charge < -0.3 is 15.0 Å². The van der Waals surface area contributed by atoms with Crippen LogP contribution in [0.1, 0.15) is 30.0 Å². The first kappa shape index (κ1) is 21.5. The summed E-state index contributed by atoms with van der Waals surface area (Å²) in [7, 11) is 5.58. The van der Waals surface area contributed by atoms with E-state index < -0.39 is 0 Å². The van der Waals surface area contributed by atoms with E-state index in [4.69, 9.17) is 4.74 Å². The number of hydrogen-bond acceptors (Lipinski definition) is 5. The van der Waals surface area contributed by atoms with E-state index >= 15 is 0 Å². The van der Waals surface area contributed by atoms with Crippen LogP contribution < -0.4 is 10.1 Å². The Hall–Kier alpha value is -3.19. The molecule has 2 amide bonds. The van der Waals surface area contributed by atoms with Crippen molar-refractivity contribution in [1.29, 1.82) is 0 Å². The van der Waals surface area contributed by atoms with Crippen molar-refractivity contribution >= 4 is 17.5 Å². The van der Waals surface area contributed by atoms with Crippen LogP contribution >= 0.6 is 0 Å². The lowest BCUT2D eigenvalue weighted by Crippen LogP contribution is -2.41. The zero-order valence-corrected chi connectivity index (χ0v) is 17.7. The van der Waals surface area contributed by atoms with Crippen LogP contribution in [-0.2, 0) is 16.1 Å². The van der Waals surface area contributed by atoms with Crippen LogP contribution in [0, 0.1) is 0 Å². The Balaban J connectivity index is 1.65. The first-order valence-electron chi connectivity index (χ1n) is 9.98. The molecule has 3 rings (SSSR count). The molecule has 158 valence electrons. The monoisotopic (exact) mass is 408 g/mol. The molecule has 1 atom stereocenters. The lowest BCUT2D eigenvalue weighted by Gasteiger charge is -2.26. The van der Waals surface area contributed by atoms with Crippen molar-refractivity contribution in [2.75, 3.05) is 27.7 Å². The number of likely N-dealkylation sites (N-methyl/N-ethyl adjacent to an activating group) is 1. The number of nitrogens with zero attached hydrogens (tertiary/aromatic N) is 3. The van der Waals surface area contributed by atoms with Gasteiger partial charge in [-0.15, -0.1) is 0 Å². The average Bonchev–Trinajstić information content (AvgIpc) is 2.76. The van der Waals surface area contributed by atoms with E-state index in [0.717, 1.165) is 16.9 Å². The second kappa shape index (κ2) is 10.0. The Morgan fingerprint density at radius 2 is 1.83 bits per heavy atom. The molecule has 1 heterocycles. The molecule has 1 aliphatic rings. The van der Waals surface area contributed by atoms with Gasteiger partial charge in [0, 0.05) is 19.4 Å². The molecule has 0 bridgehead atoms. The summed E-state index contributed by atoms with van der Waals surface area (Å²) in [6, 6.07) is 17.4. The first-order valence-corrected chi connectivity index (χ1v) is 9.98. The number of methoxy groups -OCH3 is 1. The summed E-state index contributed by atoms with van der Waals surface area (Å²) >= 11 is 0. The number of amides is 2. The fraction of sp³-hybridized carbons (Fsp3) is 0.348. The summed E-state index contributed by atoms with van der Waals surface area (Å²) in [6.45, 7) is 0.798. The topological polar surface area (TPSA) is 74.2 Å². The largest absolute Gasteiger partial charge is 0.497 e. The molecule has 0 radical (unpaired) electrons. The summed E-state index contributed by atoms with van der Waals surface area (Å²) in [5.41, 5.74) is 2.44. The molecule has 1 aliphatic heterocycles. The molecule has 30 heavy (non-hydrogen) atoms. The fourth-order valence-electron chi connectivity index (χ4n) is 3.36. The summed E-state index contributed by atoms with van der Waals surface area (Å²) < 4.78 is 5.22. The molecule has 2 aromatic carbocycles. The third-order valence-corrected chi connectivity index (χ3v) is 5.12. The van der Waals surface area contributed by atoms with Crippen LogP contribution in [0.4, 0.5) is 0 Å². The van der Waals surface area contributed by atoms with Crippen LogP contribution in [0.2, 0.25) is 0 Å². The van der Waals surface area contributed by atoms with Crippen LogP contribution in [-0.4, -0.2) is 55.2 Å². The fourth-order valence-corrected chi connectivity index (χ4v) is 3.36. The van der Waals surface area contributed by atoms with Crippen molar-refractivity contribution < 1.29 is 14.3 Å². The molecule has 0 saturated carbocycles. The van der Waals surface area contributed by atoms with Gasteiger partial charge in [0.15, 0.2) is 0 Å². The Morgan fingerprint density at radius 1 is 1.13 bits per heavy atom. The van der Waals surface area contributed by atoms with Crippen LogP contribution in [0.5, 0.6) is 5.75 Å². The maximum atomic E-state index is 12.7. The normalized spacial score (nSPS) is 15.0. The Kier molecular flexibility index (Phi) is 7.19. The van der Waals surface area contributed by atoms with E-state index in [1.807, 2.05) is 68.7 Å². The highest BCUT2D eigenvalue weighted by atomic mass is 16.5. The van der Waals surface area contributed by atoms with Crippen molar-refractivity contribution in [2.24, 2.45) is 5.10 Å². The zero-order valence-electron chi connectivity index (χ0n) is 17.7. The zero-order chi connectivity index (χ0) is 21.5. The second-order valence-electron chi connectivity index (χ2n) is 7.45. The molecule has 1 unspecified atom stereocenters. The summed E-state index contributed by atoms with van der Waals surface area (Å²) in [5, 5.41) is 8.70. The van der Waals surface area contributed by atoms with Gasteiger partial charge in [-0.25, -0.2) is 5.01 Å². The Labute approximate surface area is 177 Å². The first-order chi connectivity index (χ1) is 14.5. The van der Waals surface area contributed by atoms with E-state index in [1.165, 1.54) is 5.01 Å². The lowest BCUT2D eigenvalue weighted by atomic mass is 10.1. The summed E-state index contributed by atoms with van der Waals surface area (Å²) in [5.74, 6) is 0.487. The molecule has 7 heteroatoms. The molecule has 1 N–H and O–H groups in total. The van der Waals surface area contributed by atoms with Gasteiger partial charge in [0.1, 0.15) is 11.5 Å². The van der Waals surface area contributed by atoms with Gasteiger partial charge in [-0.1, -0.05) is 42.5 Å². The highest BCUT2D eigenvalue weighted by Crippen LogP contribution is 2.21. The number of benzene rings is 2. The summed E-state index contributed by atoms with van der Waals surface area (Å²) in [6.07, 6.45) is 0.639. The molecular formula is C23H28N4O3. The molecule has 0 fully saturated rings. The smallest absolute Gasteiger partial charge is 0.267 e. The van der Waals surface area contributed by atoms with Gasteiger partial charge in [0.25, 0.3) is 5.91 Å². The van der Waals surface area contributed by atoms with Gasteiger partial charge in [-0.3, -0.25) is 9.59 Å². The SMILES string of the molecule is COc1ccc(C(CNC(=O)C2=NN(Cc3ccccc3)C(=O)CC2)N(C)C)cc1. The number of hydrazone groups is 1. The predicted molar refractivity (Wildman–Crippen MR) is 116 cm³/mol. The quantitative estimate of drug-likeness (QED) is 0.729. The van der Waals surface area contributed by atoms with Crippen LogP contribution in [0.3, 0.4) is 0 Å². The van der Waals surface area contributed by atoms with Crippen molar-refractivity contribution in [3.63, 3.8) is 0 Å². The van der Waals surface area contributed by atoms with E-state index in [-0.39, 0.29) is 24.3 Å². The Bertz CT molecular complexity index is 894. The maximum Gasteiger partial charge on any atom is 0.267 e. The van der Waals surface area contributed by atoms with Gasteiger partial charge in [0.2, 0.25) is 5.91 Å². The van der Waals surface area contributed by atoms with Gasteiger partial charge in [0.05, 0.1) is 19.7 Å². The number of hydrogen-bond donors (Lipinski definition) is 1. The third kappa shape index (κ3) is 5.45. The number of ether oxygens (including phenoxy) is 1. The van der Waals surface area contributed by atoms with Gasteiger partial charge in [-0.05, 0) is 37.4 Å². The van der Waals surface area contributed by atoms with Crippen LogP contribution in [0.25, 0.3) is 0 Å². The van der Waals surface area contributed by atoms with Crippen molar-refractivity contribution in [1.82, 2.24) is 15.2 Å². The molecular weight excluding hydrogens is 380 g/mol. The molecule has 0 aromatic heterocycles. The maximum absolute atomic E-state index is 12.7. The highest BCUT2D eigenvalue weighted by molar-refractivity contribution is 6.39. The van der Waals surface area contributed by atoms with Crippen molar-refractivity contribution in [2.45, 2.75) is 25.4 Å². The minimum absolute atomic E-state index is 0.00565. The molecule has 0 saturated heterocycles. The molecule has 7 nitrogen and oxygen atoms in total. The van der Waals surface area contributed by atoms with Gasteiger partial charge >= 0.3 is 0 Å². The van der Waals surface area contributed by atoms with E-state index in [2.05, 4.69) is 15.3 Å². The molecule has 0 spiro atoms. The Morgan fingerprint density at radius 3 is 2.47 bits per heavy atom. The lowest BCUT2D eigenvalue weighted by molar-refractivity contribution is -0.132. The molecule has 0 aliphatic carbocycles. The summed E-state index contributed by atoms with van der Waals surface area (Å²) in [4.78, 5) is 27.0. The predicted octanol–water partition coefficient (Wildman–Crippen LogP) is 2.59. The van der Waals surface area contributed by atoms with E-state index in [0.29, 0.717) is 25.2 Å². The number of carbonyl (C=O) groups excluding carboxylic acids is 2. The minimum atomic E-state index is -0.235. The van der Waals surface area contributed by atoms with E-state index in [1.54, 1.807) is 7.11 Å². The highest BCUT2D eigenvalue weighted by Gasteiger charge is 2.25. The number of carbonyl (C=O) groups is 2. The van der Waals surface area contributed by atoms with E-state index in [9.17, 15) is 9.59 Å². The molecule has 2 aromatic rings. The number of nitrogens with one attached hydrogen (secondary N) is 1. The van der Waals surface area contributed by atoms with Gasteiger partial charge in [-0.2, -0.15) is 5.10 Å². The second-order valence-corrected chi connectivity index (χ2v) is 7.45. The minimum Gasteiger partial charge on any atom is -0.497 e. The van der Waals surface area contributed by atoms with Crippen molar-refractivity contribution in [3.8, 4) is 5.75 Å².